The standard InChI is InChI=1S/C23H23Cl2FN4O2.C17H19BrCl2N4O2/c1-15-22(25)23(16-3-5-17(26)6-4-16)27-30(15)14-21(31)29-11-9-28(10-12-29)18-7-8-19(24)20(13-18)32-2;1-11-16(20)17(18)21-24(11)10-15(25)23-7-5-22(6-8-23)12-3-4-13(19)14(9-12)26-2/h3-8,13H,9-12,14H2,1-2H3;3-4,9H,5-8,10H2,1-2H3. The molecule has 2 amide bonds. The molecule has 0 bridgehead atoms. The van der Waals surface area contributed by atoms with Crippen molar-refractivity contribution in [3.8, 4) is 22.8 Å². The highest BCUT2D eigenvalue weighted by Crippen LogP contribution is 2.33. The highest BCUT2D eigenvalue weighted by Gasteiger charge is 2.26. The van der Waals surface area contributed by atoms with Crippen LogP contribution in [0.15, 0.2) is 65.3 Å². The molecule has 3 aromatic carbocycles. The monoisotopic (exact) mass is 936 g/mol. The number of aromatic nitrogens is 4. The number of hydrogen-bond acceptors (Lipinski definition) is 8. The zero-order valence-corrected chi connectivity index (χ0v) is 36.9. The largest absolute Gasteiger partial charge is 0.495 e. The number of carbonyl (C=O) groups excluding carboxylic acids is 2. The second-order valence-electron chi connectivity index (χ2n) is 13.6. The van der Waals surface area contributed by atoms with Crippen molar-refractivity contribution in [2.75, 3.05) is 76.4 Å². The fourth-order valence-corrected chi connectivity index (χ4v) is 7.93. The fraction of sp³-hybridized carbons (Fsp3) is 0.350. The quantitative estimate of drug-likeness (QED) is 0.146. The second kappa shape index (κ2) is 19.2. The first-order valence-electron chi connectivity index (χ1n) is 18.4. The number of halogens is 6. The van der Waals surface area contributed by atoms with Gasteiger partial charge in [-0.1, -0.05) is 46.4 Å². The summed E-state index contributed by atoms with van der Waals surface area (Å²) in [5.41, 5.74) is 4.77. The van der Waals surface area contributed by atoms with E-state index in [0.717, 1.165) is 30.2 Å². The lowest BCUT2D eigenvalue weighted by Gasteiger charge is -2.36. The summed E-state index contributed by atoms with van der Waals surface area (Å²) < 4.78 is 27.6. The fourth-order valence-electron chi connectivity index (χ4n) is 6.69. The molecule has 2 fully saturated rings. The van der Waals surface area contributed by atoms with Crippen LogP contribution >= 0.6 is 62.3 Å². The third-order valence-corrected chi connectivity index (χ3v) is 12.5. The normalized spacial score (nSPS) is 14.3. The van der Waals surface area contributed by atoms with E-state index in [9.17, 15) is 14.0 Å². The predicted octanol–water partition coefficient (Wildman–Crippen LogP) is 8.28. The van der Waals surface area contributed by atoms with Gasteiger partial charge in [-0.3, -0.25) is 19.0 Å². The Balaban J connectivity index is 0.000000200. The first-order chi connectivity index (χ1) is 27.8. The predicted molar refractivity (Wildman–Crippen MR) is 231 cm³/mol. The Morgan fingerprint density at radius 3 is 1.50 bits per heavy atom. The number of rotatable bonds is 9. The van der Waals surface area contributed by atoms with E-state index in [4.69, 9.17) is 55.9 Å². The summed E-state index contributed by atoms with van der Waals surface area (Å²) >= 11 is 28.1. The lowest BCUT2D eigenvalue weighted by Crippen LogP contribution is -2.49. The minimum Gasteiger partial charge on any atom is -0.495 e. The lowest BCUT2D eigenvalue weighted by molar-refractivity contribution is -0.133. The first kappa shape index (κ1) is 43.4. The summed E-state index contributed by atoms with van der Waals surface area (Å²) in [6.07, 6.45) is 0. The third-order valence-electron chi connectivity index (χ3n) is 10.2. The van der Waals surface area contributed by atoms with Gasteiger partial charge in [0.05, 0.1) is 45.7 Å². The number of nitrogens with zero attached hydrogens (tertiary/aromatic N) is 8. The van der Waals surface area contributed by atoms with Crippen molar-refractivity contribution in [3.63, 3.8) is 0 Å². The first-order valence-corrected chi connectivity index (χ1v) is 20.7. The molecule has 0 radical (unpaired) electrons. The molecular weight excluding hydrogens is 897 g/mol. The molecule has 12 nitrogen and oxygen atoms in total. The van der Waals surface area contributed by atoms with E-state index in [2.05, 4.69) is 35.9 Å². The van der Waals surface area contributed by atoms with Crippen molar-refractivity contribution in [3.05, 3.63) is 103 Å². The van der Waals surface area contributed by atoms with E-state index >= 15 is 0 Å². The van der Waals surface area contributed by atoms with Gasteiger partial charge in [0.1, 0.15) is 40.7 Å². The summed E-state index contributed by atoms with van der Waals surface area (Å²) in [6, 6.07) is 17.4. The molecule has 4 heterocycles. The molecule has 0 N–H and O–H groups in total. The molecule has 2 saturated heterocycles. The summed E-state index contributed by atoms with van der Waals surface area (Å²) in [5.74, 6) is 0.969. The van der Waals surface area contributed by atoms with Crippen LogP contribution in [-0.4, -0.2) is 108 Å². The van der Waals surface area contributed by atoms with Gasteiger partial charge in [-0.25, -0.2) is 4.39 Å². The topological polar surface area (TPSA) is 101 Å². The van der Waals surface area contributed by atoms with Gasteiger partial charge in [-0.2, -0.15) is 10.2 Å². The Hall–Kier alpha value is -4.21. The highest BCUT2D eigenvalue weighted by molar-refractivity contribution is 9.10. The smallest absolute Gasteiger partial charge is 0.244 e. The Morgan fingerprint density at radius 1 is 0.655 bits per heavy atom. The molecule has 2 aromatic heterocycles. The number of benzene rings is 3. The Bertz CT molecular complexity index is 2260. The van der Waals surface area contributed by atoms with E-state index in [-0.39, 0.29) is 30.7 Å². The number of carbonyl (C=O) groups is 2. The summed E-state index contributed by atoms with van der Waals surface area (Å²) in [7, 11) is 3.19. The van der Waals surface area contributed by atoms with Crippen molar-refractivity contribution < 1.29 is 23.5 Å². The van der Waals surface area contributed by atoms with Gasteiger partial charge in [0, 0.05) is 81.4 Å². The number of ether oxygens (including phenoxy) is 2. The van der Waals surface area contributed by atoms with Gasteiger partial charge in [0.2, 0.25) is 11.8 Å². The molecule has 0 unspecified atom stereocenters. The molecule has 7 rings (SSSR count). The maximum atomic E-state index is 13.2. The minimum absolute atomic E-state index is 0.0220. The number of methoxy groups -OCH3 is 2. The lowest BCUT2D eigenvalue weighted by atomic mass is 10.1. The van der Waals surface area contributed by atoms with E-state index in [1.165, 1.54) is 12.1 Å². The summed E-state index contributed by atoms with van der Waals surface area (Å²) in [5, 5.41) is 10.9. The zero-order chi connectivity index (χ0) is 41.7. The molecule has 18 heteroatoms. The zero-order valence-electron chi connectivity index (χ0n) is 32.3. The van der Waals surface area contributed by atoms with Crippen molar-refractivity contribution in [1.29, 1.82) is 0 Å². The van der Waals surface area contributed by atoms with Gasteiger partial charge in [-0.15, -0.1) is 0 Å². The highest BCUT2D eigenvalue weighted by atomic mass is 79.9. The van der Waals surface area contributed by atoms with Crippen molar-refractivity contribution in [2.24, 2.45) is 0 Å². The van der Waals surface area contributed by atoms with E-state index < -0.39 is 0 Å². The van der Waals surface area contributed by atoms with Crippen LogP contribution in [0.4, 0.5) is 15.8 Å². The van der Waals surface area contributed by atoms with Crippen LogP contribution in [0.3, 0.4) is 0 Å². The Morgan fingerprint density at radius 2 is 1.09 bits per heavy atom. The maximum Gasteiger partial charge on any atom is 0.244 e. The van der Waals surface area contributed by atoms with Crippen LogP contribution in [0.25, 0.3) is 11.3 Å². The SMILES string of the molecule is COc1cc(N2CCN(C(=O)Cn3nc(-c4ccc(F)cc4)c(Cl)c3C)CC2)ccc1Cl.COc1cc(N2CCN(C(=O)Cn3nc(Br)c(Cl)c3C)CC2)ccc1Cl. The summed E-state index contributed by atoms with van der Waals surface area (Å²) in [6.45, 7) is 9.36. The van der Waals surface area contributed by atoms with Gasteiger partial charge in [0.25, 0.3) is 0 Å². The maximum absolute atomic E-state index is 13.2. The van der Waals surface area contributed by atoms with Crippen molar-refractivity contribution in [1.82, 2.24) is 29.4 Å². The molecule has 0 saturated carbocycles. The Kier molecular flexibility index (Phi) is 14.4. The second-order valence-corrected chi connectivity index (χ2v) is 16.0. The molecule has 0 aliphatic carbocycles. The van der Waals surface area contributed by atoms with Crippen LogP contribution in [0, 0.1) is 19.7 Å². The average Bonchev–Trinajstić information content (AvgIpc) is 3.65. The minimum atomic E-state index is -0.326. The van der Waals surface area contributed by atoms with Crippen LogP contribution in [0.2, 0.25) is 20.1 Å². The third kappa shape index (κ3) is 9.96. The van der Waals surface area contributed by atoms with E-state index in [1.54, 1.807) is 35.7 Å². The average molecular weight is 940 g/mol. The van der Waals surface area contributed by atoms with Gasteiger partial charge >= 0.3 is 0 Å². The number of anilines is 2. The number of hydrogen-bond donors (Lipinski definition) is 0. The molecule has 0 atom stereocenters. The van der Waals surface area contributed by atoms with Crippen molar-refractivity contribution >= 4 is 85.5 Å². The van der Waals surface area contributed by atoms with Crippen molar-refractivity contribution in [2.45, 2.75) is 26.9 Å². The number of piperazine rings is 2. The Labute approximate surface area is 365 Å². The van der Waals surface area contributed by atoms with Crippen LogP contribution in [-0.2, 0) is 22.7 Å². The van der Waals surface area contributed by atoms with Crippen LogP contribution in [0.1, 0.15) is 11.4 Å². The van der Waals surface area contributed by atoms with Gasteiger partial charge in [-0.05, 0) is 78.3 Å². The molecule has 2 aliphatic rings. The van der Waals surface area contributed by atoms with Crippen LogP contribution < -0.4 is 19.3 Å². The summed E-state index contributed by atoms with van der Waals surface area (Å²) in [4.78, 5) is 33.6. The molecule has 5 aromatic rings. The van der Waals surface area contributed by atoms with Gasteiger partial charge in [0.15, 0.2) is 0 Å². The molecule has 308 valence electrons. The van der Waals surface area contributed by atoms with E-state index in [1.807, 2.05) is 60.0 Å². The molecule has 58 heavy (non-hydrogen) atoms. The van der Waals surface area contributed by atoms with Gasteiger partial charge < -0.3 is 29.1 Å². The van der Waals surface area contributed by atoms with Crippen LogP contribution in [0.5, 0.6) is 11.5 Å². The van der Waals surface area contributed by atoms with E-state index in [0.29, 0.717) is 92.4 Å². The molecular formula is C40H42BrCl4FN8O4. The molecule has 0 spiro atoms. The molecule has 2 aliphatic heterocycles. The number of amides is 2.